The second-order valence-corrected chi connectivity index (χ2v) is 5.83. The number of aliphatic hydroxyl groups excluding tert-OH is 1. The molecule has 1 aromatic heterocycles. The minimum absolute atomic E-state index is 0.305. The third kappa shape index (κ3) is 4.96. The zero-order valence-electron chi connectivity index (χ0n) is 11.9. The maximum Gasteiger partial charge on any atom is 0.119 e. The van der Waals surface area contributed by atoms with Crippen LogP contribution in [-0.4, -0.2) is 24.4 Å². The average Bonchev–Trinajstić information content (AvgIpc) is 2.88. The lowest BCUT2D eigenvalue weighted by Gasteiger charge is -2.14. The second kappa shape index (κ2) is 7.43. The van der Waals surface area contributed by atoms with Crippen molar-refractivity contribution in [2.24, 2.45) is 0 Å². The Bertz CT molecular complexity index is 505. The molecule has 1 unspecified atom stereocenters. The van der Waals surface area contributed by atoms with Gasteiger partial charge in [0.1, 0.15) is 18.5 Å². The van der Waals surface area contributed by atoms with Crippen molar-refractivity contribution < 1.29 is 9.84 Å². The molecule has 0 fully saturated rings. The van der Waals surface area contributed by atoms with Crippen molar-refractivity contribution >= 4 is 11.3 Å². The summed E-state index contributed by atoms with van der Waals surface area (Å²) in [5.74, 6) is 0.819. The molecule has 0 saturated heterocycles. The van der Waals surface area contributed by atoms with E-state index >= 15 is 0 Å². The monoisotopic (exact) mass is 291 g/mol. The van der Waals surface area contributed by atoms with E-state index in [1.54, 1.807) is 11.3 Å². The fraction of sp³-hybridized carbons (Fsp3) is 0.375. The van der Waals surface area contributed by atoms with Crippen molar-refractivity contribution in [1.29, 1.82) is 0 Å². The first-order valence-electron chi connectivity index (χ1n) is 6.74. The number of benzene rings is 1. The van der Waals surface area contributed by atoms with Gasteiger partial charge in [0.15, 0.2) is 0 Å². The molecular formula is C16H21NO2S. The molecule has 0 aliphatic carbocycles. The minimum Gasteiger partial charge on any atom is -0.491 e. The van der Waals surface area contributed by atoms with Crippen LogP contribution in [0, 0.1) is 13.8 Å². The summed E-state index contributed by atoms with van der Waals surface area (Å²) in [6, 6.07) is 8.15. The largest absolute Gasteiger partial charge is 0.491 e. The molecule has 2 rings (SSSR count). The van der Waals surface area contributed by atoms with Gasteiger partial charge in [-0.2, -0.15) is 11.3 Å². The third-order valence-corrected chi connectivity index (χ3v) is 3.66. The Hall–Kier alpha value is -1.36. The molecule has 1 aromatic carbocycles. The Kier molecular flexibility index (Phi) is 5.59. The van der Waals surface area contributed by atoms with Gasteiger partial charge in [-0.25, -0.2) is 0 Å². The number of hydrogen-bond acceptors (Lipinski definition) is 4. The number of hydrogen-bond donors (Lipinski definition) is 2. The van der Waals surface area contributed by atoms with Crippen LogP contribution in [-0.2, 0) is 6.54 Å². The van der Waals surface area contributed by atoms with E-state index in [4.69, 9.17) is 4.74 Å². The first-order valence-corrected chi connectivity index (χ1v) is 7.69. The molecule has 108 valence electrons. The molecule has 0 spiro atoms. The fourth-order valence-corrected chi connectivity index (χ4v) is 2.71. The van der Waals surface area contributed by atoms with Crippen LogP contribution in [0.15, 0.2) is 35.0 Å². The summed E-state index contributed by atoms with van der Waals surface area (Å²) in [6.07, 6.45) is -0.505. The number of aryl methyl sites for hydroxylation is 2. The van der Waals surface area contributed by atoms with E-state index in [2.05, 4.69) is 28.2 Å². The van der Waals surface area contributed by atoms with E-state index in [9.17, 15) is 5.11 Å². The molecule has 0 amide bonds. The Balaban J connectivity index is 1.70. The van der Waals surface area contributed by atoms with Gasteiger partial charge in [-0.1, -0.05) is 6.07 Å². The van der Waals surface area contributed by atoms with Crippen molar-refractivity contribution in [3.63, 3.8) is 0 Å². The summed E-state index contributed by atoms with van der Waals surface area (Å²) < 4.78 is 5.63. The van der Waals surface area contributed by atoms with Crippen LogP contribution in [0.1, 0.15) is 16.7 Å². The van der Waals surface area contributed by atoms with Crippen molar-refractivity contribution in [3.8, 4) is 5.75 Å². The molecule has 0 aliphatic heterocycles. The van der Waals surface area contributed by atoms with E-state index in [-0.39, 0.29) is 0 Å². The van der Waals surface area contributed by atoms with Crippen molar-refractivity contribution in [2.45, 2.75) is 26.5 Å². The van der Waals surface area contributed by atoms with Gasteiger partial charge in [-0.05, 0) is 59.5 Å². The van der Waals surface area contributed by atoms with Crippen LogP contribution in [0.5, 0.6) is 5.75 Å². The fourth-order valence-electron chi connectivity index (χ4n) is 2.04. The van der Waals surface area contributed by atoms with E-state index in [1.165, 1.54) is 16.7 Å². The Labute approximate surface area is 124 Å². The van der Waals surface area contributed by atoms with E-state index in [0.717, 1.165) is 12.3 Å². The van der Waals surface area contributed by atoms with Gasteiger partial charge >= 0.3 is 0 Å². The maximum atomic E-state index is 9.89. The van der Waals surface area contributed by atoms with E-state index in [1.807, 2.05) is 26.0 Å². The van der Waals surface area contributed by atoms with E-state index in [0.29, 0.717) is 13.2 Å². The van der Waals surface area contributed by atoms with Crippen LogP contribution >= 0.6 is 11.3 Å². The molecule has 2 aromatic rings. The average molecular weight is 291 g/mol. The standard InChI is InChI=1S/C16H21NO2S/c1-12-5-13(2)7-16(6-12)19-10-15(18)9-17-8-14-3-4-20-11-14/h3-7,11,15,17-18H,8-10H2,1-2H3. The molecule has 1 atom stereocenters. The first kappa shape index (κ1) is 15.0. The van der Waals surface area contributed by atoms with Crippen molar-refractivity contribution in [2.75, 3.05) is 13.2 Å². The summed E-state index contributed by atoms with van der Waals surface area (Å²) in [6.45, 7) is 5.70. The molecule has 3 nitrogen and oxygen atoms in total. The van der Waals surface area contributed by atoms with Crippen LogP contribution in [0.3, 0.4) is 0 Å². The third-order valence-electron chi connectivity index (χ3n) is 2.93. The smallest absolute Gasteiger partial charge is 0.119 e. The quantitative estimate of drug-likeness (QED) is 0.824. The SMILES string of the molecule is Cc1cc(C)cc(OCC(O)CNCc2ccsc2)c1. The Morgan fingerprint density at radius 1 is 1.25 bits per heavy atom. The first-order chi connectivity index (χ1) is 9.63. The zero-order chi connectivity index (χ0) is 14.4. The summed E-state index contributed by atoms with van der Waals surface area (Å²) in [7, 11) is 0. The minimum atomic E-state index is -0.505. The lowest BCUT2D eigenvalue weighted by atomic mass is 10.1. The summed E-state index contributed by atoms with van der Waals surface area (Å²) in [5.41, 5.74) is 3.59. The molecule has 1 heterocycles. The topological polar surface area (TPSA) is 41.5 Å². The van der Waals surface area contributed by atoms with Gasteiger partial charge in [0.05, 0.1) is 0 Å². The summed E-state index contributed by atoms with van der Waals surface area (Å²) in [4.78, 5) is 0. The maximum absolute atomic E-state index is 9.89. The molecule has 0 saturated carbocycles. The lowest BCUT2D eigenvalue weighted by Crippen LogP contribution is -2.31. The van der Waals surface area contributed by atoms with Crippen LogP contribution in [0.25, 0.3) is 0 Å². The molecule has 0 bridgehead atoms. The lowest BCUT2D eigenvalue weighted by molar-refractivity contribution is 0.106. The molecular weight excluding hydrogens is 270 g/mol. The number of ether oxygens (including phenoxy) is 1. The van der Waals surface area contributed by atoms with Crippen LogP contribution < -0.4 is 10.1 Å². The summed E-state index contributed by atoms with van der Waals surface area (Å²) in [5, 5.41) is 17.3. The highest BCUT2D eigenvalue weighted by Gasteiger charge is 2.05. The molecule has 20 heavy (non-hydrogen) atoms. The molecule has 2 N–H and O–H groups in total. The number of rotatable bonds is 7. The van der Waals surface area contributed by atoms with Gasteiger partial charge in [-0.15, -0.1) is 0 Å². The molecule has 0 radical (unpaired) electrons. The predicted molar refractivity (Wildman–Crippen MR) is 83.4 cm³/mol. The number of aliphatic hydroxyl groups is 1. The highest BCUT2D eigenvalue weighted by Crippen LogP contribution is 2.16. The van der Waals surface area contributed by atoms with Gasteiger partial charge < -0.3 is 15.2 Å². The molecule has 0 aliphatic rings. The summed E-state index contributed by atoms with van der Waals surface area (Å²) >= 11 is 1.68. The van der Waals surface area contributed by atoms with Crippen molar-refractivity contribution in [1.82, 2.24) is 5.32 Å². The van der Waals surface area contributed by atoms with Crippen LogP contribution in [0.4, 0.5) is 0 Å². The van der Waals surface area contributed by atoms with Gasteiger partial charge in [-0.3, -0.25) is 0 Å². The Morgan fingerprint density at radius 2 is 2.00 bits per heavy atom. The number of thiophene rings is 1. The van der Waals surface area contributed by atoms with Gasteiger partial charge in [0, 0.05) is 13.1 Å². The normalized spacial score (nSPS) is 12.3. The van der Waals surface area contributed by atoms with Crippen molar-refractivity contribution in [3.05, 3.63) is 51.7 Å². The highest BCUT2D eigenvalue weighted by atomic mass is 32.1. The predicted octanol–water partition coefficient (Wildman–Crippen LogP) is 2.89. The zero-order valence-corrected chi connectivity index (χ0v) is 12.7. The van der Waals surface area contributed by atoms with E-state index < -0.39 is 6.10 Å². The van der Waals surface area contributed by atoms with Crippen LogP contribution in [0.2, 0.25) is 0 Å². The molecule has 4 heteroatoms. The van der Waals surface area contributed by atoms with Gasteiger partial charge in [0.2, 0.25) is 0 Å². The second-order valence-electron chi connectivity index (χ2n) is 5.05. The Morgan fingerprint density at radius 3 is 2.65 bits per heavy atom. The number of nitrogens with one attached hydrogen (secondary N) is 1. The van der Waals surface area contributed by atoms with Gasteiger partial charge in [0.25, 0.3) is 0 Å². The highest BCUT2D eigenvalue weighted by molar-refractivity contribution is 7.07.